The summed E-state index contributed by atoms with van der Waals surface area (Å²) in [6, 6.07) is 10.8. The van der Waals surface area contributed by atoms with Gasteiger partial charge in [-0.05, 0) is 66.7 Å². The molecule has 0 bridgehead atoms. The summed E-state index contributed by atoms with van der Waals surface area (Å²) < 4.78 is 17.1. The summed E-state index contributed by atoms with van der Waals surface area (Å²) in [5, 5.41) is 3.29. The standard InChI is InChI=1S/C22H19BrN2O4S/c1-4-10-29-19-13-17(23)14(11-18(19)28-5-2)12-20-21(26)25-22(30-20)24-15-6-8-16(27-3)9-7-15/h1,6-9,11-13H,5,10H2,2-3H3,(H,24,25,26)/b20-12+. The molecular weight excluding hydrogens is 468 g/mol. The number of amidine groups is 1. The second-order valence-electron chi connectivity index (χ2n) is 5.93. The molecule has 2 aromatic carbocycles. The van der Waals surface area contributed by atoms with E-state index in [0.717, 1.165) is 21.5 Å². The summed E-state index contributed by atoms with van der Waals surface area (Å²) >= 11 is 4.78. The van der Waals surface area contributed by atoms with Crippen LogP contribution in [-0.4, -0.2) is 31.4 Å². The molecule has 1 N–H and O–H groups in total. The van der Waals surface area contributed by atoms with Gasteiger partial charge in [0.05, 0.1) is 24.3 Å². The summed E-state index contributed by atoms with van der Waals surface area (Å²) in [5.41, 5.74) is 1.49. The lowest BCUT2D eigenvalue weighted by Gasteiger charge is -2.12. The van der Waals surface area contributed by atoms with Crippen LogP contribution < -0.4 is 19.5 Å². The smallest absolute Gasteiger partial charge is 0.264 e. The van der Waals surface area contributed by atoms with Crippen molar-refractivity contribution in [1.82, 2.24) is 5.32 Å². The van der Waals surface area contributed by atoms with Crippen LogP contribution in [0.2, 0.25) is 0 Å². The van der Waals surface area contributed by atoms with E-state index in [0.29, 0.717) is 28.2 Å². The number of carbonyl (C=O) groups excluding carboxylic acids is 1. The normalized spacial score (nSPS) is 15.7. The van der Waals surface area contributed by atoms with Crippen molar-refractivity contribution in [2.45, 2.75) is 6.92 Å². The number of hydrogen-bond acceptors (Lipinski definition) is 6. The first kappa shape index (κ1) is 21.8. The van der Waals surface area contributed by atoms with Gasteiger partial charge in [0.25, 0.3) is 5.91 Å². The number of benzene rings is 2. The maximum atomic E-state index is 12.4. The molecule has 0 unspecified atom stereocenters. The molecule has 30 heavy (non-hydrogen) atoms. The van der Waals surface area contributed by atoms with Crippen molar-refractivity contribution in [3.8, 4) is 29.6 Å². The van der Waals surface area contributed by atoms with Gasteiger partial charge in [-0.1, -0.05) is 21.9 Å². The number of rotatable bonds is 7. The van der Waals surface area contributed by atoms with Gasteiger partial charge in [-0.3, -0.25) is 4.79 Å². The Kier molecular flexibility index (Phi) is 7.44. The van der Waals surface area contributed by atoms with Gasteiger partial charge in [-0.2, -0.15) is 0 Å². The Morgan fingerprint density at radius 1 is 1.23 bits per heavy atom. The maximum Gasteiger partial charge on any atom is 0.264 e. The summed E-state index contributed by atoms with van der Waals surface area (Å²) in [7, 11) is 1.61. The average molecular weight is 487 g/mol. The van der Waals surface area contributed by atoms with Gasteiger partial charge in [-0.25, -0.2) is 4.99 Å². The second-order valence-corrected chi connectivity index (χ2v) is 7.81. The number of halogens is 1. The number of amides is 1. The second kappa shape index (κ2) is 10.2. The molecule has 8 heteroatoms. The van der Waals surface area contributed by atoms with E-state index in [2.05, 4.69) is 32.2 Å². The first-order valence-corrected chi connectivity index (χ1v) is 10.6. The number of carbonyl (C=O) groups is 1. The maximum absolute atomic E-state index is 12.4. The molecule has 1 heterocycles. The fourth-order valence-corrected chi connectivity index (χ4v) is 3.83. The van der Waals surface area contributed by atoms with Crippen molar-refractivity contribution in [3.05, 3.63) is 51.3 Å². The highest BCUT2D eigenvalue weighted by atomic mass is 79.9. The molecule has 0 saturated carbocycles. The topological polar surface area (TPSA) is 69.2 Å². The minimum atomic E-state index is -0.218. The van der Waals surface area contributed by atoms with Gasteiger partial charge in [0, 0.05) is 4.47 Å². The van der Waals surface area contributed by atoms with Crippen LogP contribution in [0.25, 0.3) is 6.08 Å². The Bertz CT molecular complexity index is 1040. The van der Waals surface area contributed by atoms with E-state index in [1.54, 1.807) is 25.3 Å². The van der Waals surface area contributed by atoms with Crippen molar-refractivity contribution >= 4 is 50.5 Å². The van der Waals surface area contributed by atoms with Crippen LogP contribution in [0.3, 0.4) is 0 Å². The third-order valence-electron chi connectivity index (χ3n) is 3.91. The van der Waals surface area contributed by atoms with Gasteiger partial charge in [0.1, 0.15) is 12.4 Å². The Morgan fingerprint density at radius 3 is 2.63 bits per heavy atom. The van der Waals surface area contributed by atoms with Crippen molar-refractivity contribution in [3.63, 3.8) is 0 Å². The van der Waals surface area contributed by atoms with Crippen LogP contribution in [0.5, 0.6) is 17.2 Å². The molecule has 0 aliphatic carbocycles. The Balaban J connectivity index is 1.85. The number of nitrogens with zero attached hydrogens (tertiary/aromatic N) is 1. The lowest BCUT2D eigenvalue weighted by Crippen LogP contribution is -2.19. The summed E-state index contributed by atoms with van der Waals surface area (Å²) in [6.45, 7) is 2.49. The van der Waals surface area contributed by atoms with Crippen molar-refractivity contribution in [2.24, 2.45) is 4.99 Å². The van der Waals surface area contributed by atoms with E-state index < -0.39 is 0 Å². The quantitative estimate of drug-likeness (QED) is 0.451. The molecule has 0 atom stereocenters. The van der Waals surface area contributed by atoms with Crippen molar-refractivity contribution < 1.29 is 19.0 Å². The van der Waals surface area contributed by atoms with Crippen LogP contribution in [0.15, 0.2) is 50.8 Å². The molecule has 2 aromatic rings. The zero-order valence-electron chi connectivity index (χ0n) is 16.4. The van der Waals surface area contributed by atoms with Gasteiger partial charge in [-0.15, -0.1) is 6.42 Å². The zero-order chi connectivity index (χ0) is 21.5. The zero-order valence-corrected chi connectivity index (χ0v) is 18.8. The summed E-state index contributed by atoms with van der Waals surface area (Å²) in [4.78, 5) is 17.4. The minimum absolute atomic E-state index is 0.135. The molecule has 1 aliphatic rings. The monoisotopic (exact) mass is 486 g/mol. The van der Waals surface area contributed by atoms with Gasteiger partial charge in [0.15, 0.2) is 16.7 Å². The molecule has 154 valence electrons. The van der Waals surface area contributed by atoms with Crippen molar-refractivity contribution in [2.75, 3.05) is 20.3 Å². The van der Waals surface area contributed by atoms with Gasteiger partial charge in [0.2, 0.25) is 0 Å². The van der Waals surface area contributed by atoms with Crippen LogP contribution in [-0.2, 0) is 4.79 Å². The summed E-state index contributed by atoms with van der Waals surface area (Å²) in [6.07, 6.45) is 7.05. The Labute approximate surface area is 187 Å². The highest BCUT2D eigenvalue weighted by Gasteiger charge is 2.24. The molecule has 1 saturated heterocycles. The molecule has 1 fully saturated rings. The highest BCUT2D eigenvalue weighted by Crippen LogP contribution is 2.37. The number of methoxy groups -OCH3 is 1. The van der Waals surface area contributed by atoms with E-state index in [4.69, 9.17) is 20.6 Å². The molecule has 0 radical (unpaired) electrons. The van der Waals surface area contributed by atoms with E-state index in [-0.39, 0.29) is 12.5 Å². The number of hydrogen-bond donors (Lipinski definition) is 1. The number of nitrogens with one attached hydrogen (secondary N) is 1. The highest BCUT2D eigenvalue weighted by molar-refractivity contribution is 9.10. The fourth-order valence-electron chi connectivity index (χ4n) is 2.56. The molecule has 0 aromatic heterocycles. The third-order valence-corrected chi connectivity index (χ3v) is 5.51. The van der Waals surface area contributed by atoms with Crippen LogP contribution in [0.1, 0.15) is 12.5 Å². The number of terminal acetylenes is 1. The molecular formula is C22H19BrN2O4S. The number of thioether (sulfide) groups is 1. The van der Waals surface area contributed by atoms with Gasteiger partial charge < -0.3 is 19.5 Å². The minimum Gasteiger partial charge on any atom is -0.497 e. The lowest BCUT2D eigenvalue weighted by atomic mass is 10.2. The van der Waals surface area contributed by atoms with E-state index in [9.17, 15) is 4.79 Å². The number of ether oxygens (including phenoxy) is 3. The SMILES string of the molecule is C#CCOc1cc(Br)c(/C=C2/SC(=Nc3ccc(OC)cc3)NC2=O)cc1OCC. The first-order valence-electron chi connectivity index (χ1n) is 9.00. The van der Waals surface area contributed by atoms with Crippen LogP contribution in [0, 0.1) is 12.3 Å². The van der Waals surface area contributed by atoms with E-state index in [1.807, 2.05) is 31.2 Å². The van der Waals surface area contributed by atoms with E-state index in [1.165, 1.54) is 11.8 Å². The number of aliphatic imine (C=N–C) groups is 1. The Hall–Kier alpha value is -2.89. The predicted molar refractivity (Wildman–Crippen MR) is 123 cm³/mol. The van der Waals surface area contributed by atoms with Crippen LogP contribution in [0.4, 0.5) is 5.69 Å². The predicted octanol–water partition coefficient (Wildman–Crippen LogP) is 4.76. The average Bonchev–Trinajstić information content (AvgIpc) is 3.08. The molecule has 1 amide bonds. The molecule has 3 rings (SSSR count). The molecule has 1 aliphatic heterocycles. The molecule has 6 nitrogen and oxygen atoms in total. The van der Waals surface area contributed by atoms with Gasteiger partial charge >= 0.3 is 0 Å². The first-order chi connectivity index (χ1) is 14.5. The Morgan fingerprint density at radius 2 is 1.97 bits per heavy atom. The van der Waals surface area contributed by atoms with E-state index >= 15 is 0 Å². The van der Waals surface area contributed by atoms with Crippen molar-refractivity contribution in [1.29, 1.82) is 0 Å². The largest absolute Gasteiger partial charge is 0.497 e. The third kappa shape index (κ3) is 5.38. The molecule has 0 spiro atoms. The van der Waals surface area contributed by atoms with Crippen LogP contribution >= 0.6 is 27.7 Å². The fraction of sp³-hybridized carbons (Fsp3) is 0.182. The summed E-state index contributed by atoms with van der Waals surface area (Å²) in [5.74, 6) is 4.05. The lowest BCUT2D eigenvalue weighted by molar-refractivity contribution is -0.115.